The summed E-state index contributed by atoms with van der Waals surface area (Å²) in [6.45, 7) is 2.14. The summed E-state index contributed by atoms with van der Waals surface area (Å²) in [5, 5.41) is 1.20. The van der Waals surface area contributed by atoms with Crippen molar-refractivity contribution in [2.24, 2.45) is 0 Å². The van der Waals surface area contributed by atoms with E-state index in [4.69, 9.17) is 0 Å². The molecule has 0 spiro atoms. The third kappa shape index (κ3) is 1.48. The second kappa shape index (κ2) is 4.20. The maximum atomic E-state index is 4.60. The highest BCUT2D eigenvalue weighted by Crippen LogP contribution is 2.31. The van der Waals surface area contributed by atoms with Gasteiger partial charge in [0.2, 0.25) is 0 Å². The van der Waals surface area contributed by atoms with E-state index in [-0.39, 0.29) is 0 Å². The SMILES string of the molecule is Cc1ccnc2c3ccccc3n(-c3ccccc3)c12. The van der Waals surface area contributed by atoms with Crippen LogP contribution in [-0.2, 0) is 0 Å². The topological polar surface area (TPSA) is 17.8 Å². The zero-order valence-corrected chi connectivity index (χ0v) is 11.2. The molecule has 0 bridgehead atoms. The van der Waals surface area contributed by atoms with E-state index in [0.717, 1.165) is 5.52 Å². The second-order valence-electron chi connectivity index (χ2n) is 5.01. The molecule has 2 aromatic heterocycles. The van der Waals surface area contributed by atoms with Crippen LogP contribution in [0.1, 0.15) is 5.56 Å². The van der Waals surface area contributed by atoms with E-state index in [1.54, 1.807) is 0 Å². The molecule has 4 rings (SSSR count). The van der Waals surface area contributed by atoms with Gasteiger partial charge in [0.25, 0.3) is 0 Å². The van der Waals surface area contributed by atoms with Crippen LogP contribution in [0.3, 0.4) is 0 Å². The Morgan fingerprint density at radius 3 is 2.45 bits per heavy atom. The summed E-state index contributed by atoms with van der Waals surface area (Å²) >= 11 is 0. The maximum absolute atomic E-state index is 4.60. The number of fused-ring (bicyclic) bond motifs is 3. The van der Waals surface area contributed by atoms with Crippen LogP contribution in [0.15, 0.2) is 66.9 Å². The van der Waals surface area contributed by atoms with Gasteiger partial charge in [-0.3, -0.25) is 4.98 Å². The predicted octanol–water partition coefficient (Wildman–Crippen LogP) is 4.49. The van der Waals surface area contributed by atoms with Crippen molar-refractivity contribution in [3.05, 3.63) is 72.4 Å². The third-order valence-electron chi connectivity index (χ3n) is 3.76. The van der Waals surface area contributed by atoms with Crippen molar-refractivity contribution < 1.29 is 0 Å². The molecule has 4 aromatic rings. The molecule has 2 nitrogen and oxygen atoms in total. The van der Waals surface area contributed by atoms with E-state index < -0.39 is 0 Å². The summed E-state index contributed by atoms with van der Waals surface area (Å²) in [5.74, 6) is 0. The number of nitrogens with zero attached hydrogens (tertiary/aromatic N) is 2. The van der Waals surface area contributed by atoms with Gasteiger partial charge in [0.05, 0.1) is 16.6 Å². The number of aromatic nitrogens is 2. The molecule has 0 aliphatic carbocycles. The number of aryl methyl sites for hydroxylation is 1. The van der Waals surface area contributed by atoms with Crippen LogP contribution in [0.5, 0.6) is 0 Å². The number of hydrogen-bond donors (Lipinski definition) is 0. The van der Waals surface area contributed by atoms with Gasteiger partial charge in [0, 0.05) is 17.3 Å². The molecule has 0 saturated carbocycles. The lowest BCUT2D eigenvalue weighted by Gasteiger charge is -2.08. The molecule has 0 unspecified atom stereocenters. The second-order valence-corrected chi connectivity index (χ2v) is 5.01. The van der Waals surface area contributed by atoms with Crippen LogP contribution in [0, 0.1) is 6.92 Å². The Bertz CT molecular complexity index is 905. The highest BCUT2D eigenvalue weighted by atomic mass is 15.0. The molecule has 2 heteroatoms. The van der Waals surface area contributed by atoms with Crippen LogP contribution in [0.25, 0.3) is 27.6 Å². The van der Waals surface area contributed by atoms with E-state index in [1.165, 1.54) is 27.7 Å². The zero-order chi connectivity index (χ0) is 13.5. The first-order chi connectivity index (χ1) is 9.86. The van der Waals surface area contributed by atoms with Crippen molar-refractivity contribution in [1.82, 2.24) is 9.55 Å². The molecule has 2 aromatic carbocycles. The molecular formula is C18H14N2. The van der Waals surface area contributed by atoms with Crippen molar-refractivity contribution in [3.63, 3.8) is 0 Å². The summed E-state index contributed by atoms with van der Waals surface area (Å²) in [5.41, 5.74) is 5.89. The molecule has 96 valence electrons. The molecule has 20 heavy (non-hydrogen) atoms. The summed E-state index contributed by atoms with van der Waals surface area (Å²) in [4.78, 5) is 4.60. The van der Waals surface area contributed by atoms with E-state index in [2.05, 4.69) is 71.1 Å². The van der Waals surface area contributed by atoms with Gasteiger partial charge in [0.15, 0.2) is 0 Å². The van der Waals surface area contributed by atoms with Gasteiger partial charge in [-0.2, -0.15) is 0 Å². The van der Waals surface area contributed by atoms with Crippen molar-refractivity contribution in [3.8, 4) is 5.69 Å². The number of pyridine rings is 1. The molecule has 0 amide bonds. The number of para-hydroxylation sites is 2. The van der Waals surface area contributed by atoms with E-state index >= 15 is 0 Å². The van der Waals surface area contributed by atoms with Gasteiger partial charge in [-0.1, -0.05) is 36.4 Å². The van der Waals surface area contributed by atoms with Crippen molar-refractivity contribution >= 4 is 21.9 Å². The number of benzene rings is 2. The first-order valence-corrected chi connectivity index (χ1v) is 6.76. The summed E-state index contributed by atoms with van der Waals surface area (Å²) < 4.78 is 2.30. The Balaban J connectivity index is 2.27. The van der Waals surface area contributed by atoms with Crippen LogP contribution in [0.2, 0.25) is 0 Å². The Hall–Kier alpha value is -2.61. The summed E-state index contributed by atoms with van der Waals surface area (Å²) in [6, 6.07) is 21.0. The smallest absolute Gasteiger partial charge is 0.0966 e. The highest BCUT2D eigenvalue weighted by Gasteiger charge is 2.13. The molecule has 0 fully saturated rings. The van der Waals surface area contributed by atoms with E-state index in [9.17, 15) is 0 Å². The van der Waals surface area contributed by atoms with E-state index in [1.807, 2.05) is 12.3 Å². The molecular weight excluding hydrogens is 244 g/mol. The minimum Gasteiger partial charge on any atom is -0.307 e. The number of rotatable bonds is 1. The highest BCUT2D eigenvalue weighted by molar-refractivity contribution is 6.07. The van der Waals surface area contributed by atoms with Gasteiger partial charge in [-0.05, 0) is 36.8 Å². The maximum Gasteiger partial charge on any atom is 0.0966 e. The van der Waals surface area contributed by atoms with Crippen LogP contribution in [0.4, 0.5) is 0 Å². The van der Waals surface area contributed by atoms with Crippen molar-refractivity contribution in [2.75, 3.05) is 0 Å². The van der Waals surface area contributed by atoms with Gasteiger partial charge >= 0.3 is 0 Å². The Kier molecular flexibility index (Phi) is 2.36. The van der Waals surface area contributed by atoms with Gasteiger partial charge in [-0.15, -0.1) is 0 Å². The average molecular weight is 258 g/mol. The van der Waals surface area contributed by atoms with Gasteiger partial charge in [-0.25, -0.2) is 0 Å². The first-order valence-electron chi connectivity index (χ1n) is 6.76. The monoisotopic (exact) mass is 258 g/mol. The van der Waals surface area contributed by atoms with Gasteiger partial charge in [0.1, 0.15) is 0 Å². The summed E-state index contributed by atoms with van der Waals surface area (Å²) in [6.07, 6.45) is 1.89. The number of hydrogen-bond acceptors (Lipinski definition) is 1. The Morgan fingerprint density at radius 1 is 0.850 bits per heavy atom. The molecule has 0 atom stereocenters. The minimum atomic E-state index is 1.07. The average Bonchev–Trinajstić information content (AvgIpc) is 2.84. The lowest BCUT2D eigenvalue weighted by atomic mass is 10.2. The predicted molar refractivity (Wildman–Crippen MR) is 83.3 cm³/mol. The molecule has 0 aliphatic rings. The molecule has 2 heterocycles. The Labute approximate surface area is 117 Å². The largest absolute Gasteiger partial charge is 0.307 e. The molecule has 0 N–H and O–H groups in total. The zero-order valence-electron chi connectivity index (χ0n) is 11.2. The van der Waals surface area contributed by atoms with Crippen molar-refractivity contribution in [2.45, 2.75) is 6.92 Å². The fourth-order valence-electron chi connectivity index (χ4n) is 2.86. The lowest BCUT2D eigenvalue weighted by Crippen LogP contribution is -1.94. The van der Waals surface area contributed by atoms with Gasteiger partial charge < -0.3 is 4.57 Å². The van der Waals surface area contributed by atoms with Crippen LogP contribution >= 0.6 is 0 Å². The standard InChI is InChI=1S/C18H14N2/c1-13-11-12-19-17-15-9-5-6-10-16(15)20(18(13)17)14-7-3-2-4-8-14/h2-12H,1H3. The summed E-state index contributed by atoms with van der Waals surface area (Å²) in [7, 11) is 0. The van der Waals surface area contributed by atoms with Crippen molar-refractivity contribution in [1.29, 1.82) is 0 Å². The fraction of sp³-hybridized carbons (Fsp3) is 0.0556. The fourth-order valence-corrected chi connectivity index (χ4v) is 2.86. The normalized spacial score (nSPS) is 11.2. The Morgan fingerprint density at radius 2 is 1.60 bits per heavy atom. The van der Waals surface area contributed by atoms with E-state index in [0.29, 0.717) is 0 Å². The van der Waals surface area contributed by atoms with Crippen LogP contribution in [-0.4, -0.2) is 9.55 Å². The lowest BCUT2D eigenvalue weighted by molar-refractivity contribution is 1.16. The quantitative estimate of drug-likeness (QED) is 0.492. The molecule has 0 aliphatic heterocycles. The third-order valence-corrected chi connectivity index (χ3v) is 3.76. The minimum absolute atomic E-state index is 1.07. The first kappa shape index (κ1) is 11.2. The molecule has 0 radical (unpaired) electrons. The molecule has 0 saturated heterocycles. The van der Waals surface area contributed by atoms with Crippen LogP contribution < -0.4 is 0 Å².